The summed E-state index contributed by atoms with van der Waals surface area (Å²) in [5.41, 5.74) is 4.92. The molecule has 7 heteroatoms. The summed E-state index contributed by atoms with van der Waals surface area (Å²) in [6.07, 6.45) is 1.70. The number of thioether (sulfide) groups is 1. The lowest BCUT2D eigenvalue weighted by Gasteiger charge is -2.26. The quantitative estimate of drug-likeness (QED) is 0.726. The molecule has 1 fully saturated rings. The fraction of sp³-hybridized carbons (Fsp3) is 0.857. The Morgan fingerprint density at radius 3 is 2.62 bits per heavy atom. The number of carbonyl (C=O) groups excluding carboxylic acids is 2. The Morgan fingerprint density at radius 1 is 1.38 bits per heavy atom. The van der Waals surface area contributed by atoms with Gasteiger partial charge in [0.15, 0.2) is 0 Å². The summed E-state index contributed by atoms with van der Waals surface area (Å²) >= 11 is 1.73. The number of hydrogen-bond acceptors (Lipinski definition) is 5. The average molecular weight is 317 g/mol. The Morgan fingerprint density at radius 2 is 2.10 bits per heavy atom. The second-order valence-corrected chi connectivity index (χ2v) is 7.20. The van der Waals surface area contributed by atoms with Crippen LogP contribution in [0.2, 0.25) is 0 Å². The largest absolute Gasteiger partial charge is 0.444 e. The Kier molecular flexibility index (Phi) is 7.31. The van der Waals surface area contributed by atoms with Gasteiger partial charge >= 0.3 is 6.09 Å². The van der Waals surface area contributed by atoms with Gasteiger partial charge in [-0.25, -0.2) is 4.79 Å². The maximum atomic E-state index is 12.5. The SMILES string of the molecule is CC(C)(C)OC(=O)NC(CCCCN)C(=O)N1CCSC1. The number of carbonyl (C=O) groups is 2. The van der Waals surface area contributed by atoms with Crippen LogP contribution in [0.15, 0.2) is 0 Å². The molecule has 21 heavy (non-hydrogen) atoms. The number of hydrogen-bond donors (Lipinski definition) is 2. The van der Waals surface area contributed by atoms with Crippen molar-refractivity contribution in [3.8, 4) is 0 Å². The molecule has 0 aromatic carbocycles. The maximum absolute atomic E-state index is 12.5. The second-order valence-electron chi connectivity index (χ2n) is 6.12. The molecule has 1 unspecified atom stereocenters. The van der Waals surface area contributed by atoms with E-state index in [0.717, 1.165) is 25.1 Å². The van der Waals surface area contributed by atoms with Crippen molar-refractivity contribution in [2.75, 3.05) is 24.7 Å². The van der Waals surface area contributed by atoms with Crippen LogP contribution in [0.1, 0.15) is 40.0 Å². The van der Waals surface area contributed by atoms with Crippen LogP contribution < -0.4 is 11.1 Å². The Labute approximate surface area is 131 Å². The van der Waals surface area contributed by atoms with Crippen LogP contribution in [0.4, 0.5) is 4.79 Å². The van der Waals surface area contributed by atoms with E-state index in [4.69, 9.17) is 10.5 Å². The number of nitrogens with zero attached hydrogens (tertiary/aromatic N) is 1. The van der Waals surface area contributed by atoms with E-state index in [2.05, 4.69) is 5.32 Å². The summed E-state index contributed by atoms with van der Waals surface area (Å²) in [5.74, 6) is 1.62. The van der Waals surface area contributed by atoms with Crippen LogP contribution in [0.3, 0.4) is 0 Å². The molecule has 0 aromatic heterocycles. The lowest BCUT2D eigenvalue weighted by Crippen LogP contribution is -2.49. The monoisotopic (exact) mass is 317 g/mol. The van der Waals surface area contributed by atoms with Crippen LogP contribution in [0.5, 0.6) is 0 Å². The van der Waals surface area contributed by atoms with Gasteiger partial charge in [-0.05, 0) is 46.6 Å². The molecule has 2 amide bonds. The van der Waals surface area contributed by atoms with Gasteiger partial charge in [0.05, 0.1) is 5.88 Å². The molecular formula is C14H27N3O3S. The molecule has 0 aliphatic carbocycles. The summed E-state index contributed by atoms with van der Waals surface area (Å²) in [6, 6.07) is -0.523. The highest BCUT2D eigenvalue weighted by Crippen LogP contribution is 2.16. The van der Waals surface area contributed by atoms with Crippen LogP contribution in [0.25, 0.3) is 0 Å². The molecule has 1 rings (SSSR count). The first-order chi connectivity index (χ1) is 9.83. The van der Waals surface area contributed by atoms with E-state index in [0.29, 0.717) is 18.8 Å². The number of nitrogens with two attached hydrogens (primary N) is 1. The van der Waals surface area contributed by atoms with Crippen LogP contribution >= 0.6 is 11.8 Å². The van der Waals surface area contributed by atoms with Crippen molar-refractivity contribution in [3.63, 3.8) is 0 Å². The number of amides is 2. The van der Waals surface area contributed by atoms with Crippen molar-refractivity contribution in [2.45, 2.75) is 51.7 Å². The zero-order chi connectivity index (χ0) is 15.9. The maximum Gasteiger partial charge on any atom is 0.408 e. The van der Waals surface area contributed by atoms with Crippen LogP contribution in [-0.4, -0.2) is 53.3 Å². The normalized spacial score (nSPS) is 16.7. The zero-order valence-corrected chi connectivity index (χ0v) is 14.0. The highest BCUT2D eigenvalue weighted by molar-refractivity contribution is 7.99. The molecule has 1 heterocycles. The molecule has 122 valence electrons. The van der Waals surface area contributed by atoms with Crippen LogP contribution in [0, 0.1) is 0 Å². The van der Waals surface area contributed by atoms with Gasteiger partial charge in [-0.1, -0.05) is 0 Å². The van der Waals surface area contributed by atoms with E-state index in [1.54, 1.807) is 37.4 Å². The van der Waals surface area contributed by atoms with Gasteiger partial charge in [-0.3, -0.25) is 4.79 Å². The van der Waals surface area contributed by atoms with E-state index < -0.39 is 17.7 Å². The standard InChI is InChI=1S/C14H27N3O3S/c1-14(2,3)20-13(19)16-11(6-4-5-7-15)12(18)17-8-9-21-10-17/h11H,4-10,15H2,1-3H3,(H,16,19). The molecule has 1 saturated heterocycles. The molecule has 6 nitrogen and oxygen atoms in total. The highest BCUT2D eigenvalue weighted by Gasteiger charge is 2.29. The Bertz CT molecular complexity index is 352. The molecule has 0 spiro atoms. The predicted octanol–water partition coefficient (Wildman–Crippen LogP) is 1.54. The zero-order valence-electron chi connectivity index (χ0n) is 13.2. The fourth-order valence-corrected chi connectivity index (χ4v) is 2.96. The molecule has 1 aliphatic heterocycles. The molecule has 1 aliphatic rings. The molecule has 0 bridgehead atoms. The minimum absolute atomic E-state index is 0.0251. The van der Waals surface area contributed by atoms with Gasteiger partial charge < -0.3 is 20.7 Å². The molecular weight excluding hydrogens is 290 g/mol. The third-order valence-electron chi connectivity index (χ3n) is 3.00. The number of unbranched alkanes of at least 4 members (excludes halogenated alkanes) is 1. The van der Waals surface area contributed by atoms with E-state index >= 15 is 0 Å². The lowest BCUT2D eigenvalue weighted by molar-refractivity contribution is -0.132. The summed E-state index contributed by atoms with van der Waals surface area (Å²) in [4.78, 5) is 26.1. The minimum Gasteiger partial charge on any atom is -0.444 e. The highest BCUT2D eigenvalue weighted by atomic mass is 32.2. The molecule has 1 atom stereocenters. The third-order valence-corrected chi connectivity index (χ3v) is 3.97. The topological polar surface area (TPSA) is 84.7 Å². The van der Waals surface area contributed by atoms with Gasteiger partial charge in [0.25, 0.3) is 0 Å². The van der Waals surface area contributed by atoms with Crippen molar-refractivity contribution in [2.24, 2.45) is 5.73 Å². The predicted molar refractivity (Wildman–Crippen MR) is 85.1 cm³/mol. The molecule has 3 N–H and O–H groups in total. The van der Waals surface area contributed by atoms with Crippen molar-refractivity contribution in [1.82, 2.24) is 10.2 Å². The van der Waals surface area contributed by atoms with E-state index in [1.165, 1.54) is 0 Å². The number of ether oxygens (including phenoxy) is 1. The average Bonchev–Trinajstić information content (AvgIpc) is 2.88. The van der Waals surface area contributed by atoms with Crippen molar-refractivity contribution in [1.29, 1.82) is 0 Å². The van der Waals surface area contributed by atoms with Gasteiger partial charge in [-0.2, -0.15) is 0 Å². The molecule has 0 aromatic rings. The van der Waals surface area contributed by atoms with E-state index in [9.17, 15) is 9.59 Å². The summed E-state index contributed by atoms with van der Waals surface area (Å²) in [5, 5.41) is 2.71. The summed E-state index contributed by atoms with van der Waals surface area (Å²) in [7, 11) is 0. The van der Waals surface area contributed by atoms with Gasteiger partial charge in [0, 0.05) is 12.3 Å². The smallest absolute Gasteiger partial charge is 0.408 e. The van der Waals surface area contributed by atoms with Crippen molar-refractivity contribution in [3.05, 3.63) is 0 Å². The molecule has 0 saturated carbocycles. The first-order valence-electron chi connectivity index (χ1n) is 7.39. The first kappa shape index (κ1) is 18.1. The van der Waals surface area contributed by atoms with Gasteiger partial charge in [0.2, 0.25) is 5.91 Å². The summed E-state index contributed by atoms with van der Waals surface area (Å²) < 4.78 is 5.24. The number of nitrogens with one attached hydrogen (secondary N) is 1. The van der Waals surface area contributed by atoms with Crippen LogP contribution in [-0.2, 0) is 9.53 Å². The Balaban J connectivity index is 2.58. The van der Waals surface area contributed by atoms with Gasteiger partial charge in [0.1, 0.15) is 11.6 Å². The second kappa shape index (κ2) is 8.48. The Hall–Kier alpha value is -0.950. The van der Waals surface area contributed by atoms with E-state index in [-0.39, 0.29) is 5.91 Å². The number of rotatable bonds is 6. The van der Waals surface area contributed by atoms with E-state index in [1.807, 2.05) is 0 Å². The lowest BCUT2D eigenvalue weighted by atomic mass is 10.1. The van der Waals surface area contributed by atoms with Crippen molar-refractivity contribution < 1.29 is 14.3 Å². The fourth-order valence-electron chi connectivity index (χ4n) is 2.01. The first-order valence-corrected chi connectivity index (χ1v) is 8.55. The minimum atomic E-state index is -0.571. The van der Waals surface area contributed by atoms with Crippen molar-refractivity contribution >= 4 is 23.8 Å². The van der Waals surface area contributed by atoms with Gasteiger partial charge in [-0.15, -0.1) is 11.8 Å². The number of alkyl carbamates (subject to hydrolysis) is 1. The summed E-state index contributed by atoms with van der Waals surface area (Å²) in [6.45, 7) is 6.73. The third kappa shape index (κ3) is 7.04. The molecule has 0 radical (unpaired) electrons.